The molecule has 0 spiro atoms. The third kappa shape index (κ3) is 2.20. The minimum absolute atomic E-state index is 0.549. The number of hydrogen-bond acceptors (Lipinski definition) is 0. The molecule has 0 heteroatoms. The molecule has 0 amide bonds. The first-order valence-electron chi connectivity index (χ1n) is 8.68. The van der Waals surface area contributed by atoms with E-state index in [1.807, 2.05) is 5.57 Å². The molecule has 0 heterocycles. The molecule has 2 fully saturated rings. The zero-order valence-corrected chi connectivity index (χ0v) is 14.2. The fourth-order valence-electron chi connectivity index (χ4n) is 5.85. The molecule has 20 heavy (non-hydrogen) atoms. The van der Waals surface area contributed by atoms with Gasteiger partial charge in [-0.25, -0.2) is 0 Å². The maximum atomic E-state index is 2.59. The van der Waals surface area contributed by atoms with E-state index in [4.69, 9.17) is 0 Å². The summed E-state index contributed by atoms with van der Waals surface area (Å²) in [6.45, 7) is 12.4. The van der Waals surface area contributed by atoms with E-state index in [1.165, 1.54) is 44.9 Å². The monoisotopic (exact) mass is 272 g/mol. The van der Waals surface area contributed by atoms with Crippen LogP contribution in [0.15, 0.2) is 22.8 Å². The molecule has 3 aliphatic rings. The molecule has 3 atom stereocenters. The van der Waals surface area contributed by atoms with Gasteiger partial charge in [0.2, 0.25) is 0 Å². The highest BCUT2D eigenvalue weighted by molar-refractivity contribution is 5.29. The molecule has 3 aliphatic carbocycles. The minimum atomic E-state index is 0.549. The predicted molar refractivity (Wildman–Crippen MR) is 87.6 cm³/mol. The summed E-state index contributed by atoms with van der Waals surface area (Å²) in [5.74, 6) is 1.80. The lowest BCUT2D eigenvalue weighted by Gasteiger charge is -2.36. The van der Waals surface area contributed by atoms with Crippen LogP contribution in [0, 0.1) is 22.7 Å². The minimum Gasteiger partial charge on any atom is -0.0853 e. The van der Waals surface area contributed by atoms with Gasteiger partial charge in [-0.2, -0.15) is 0 Å². The molecule has 3 rings (SSSR count). The van der Waals surface area contributed by atoms with Crippen LogP contribution in [0.2, 0.25) is 0 Å². The number of rotatable bonds is 0. The zero-order valence-electron chi connectivity index (χ0n) is 14.2. The summed E-state index contributed by atoms with van der Waals surface area (Å²) in [5, 5.41) is 0. The predicted octanol–water partition coefficient (Wildman–Crippen LogP) is 6.29. The van der Waals surface area contributed by atoms with Crippen molar-refractivity contribution in [1.29, 1.82) is 0 Å². The summed E-state index contributed by atoms with van der Waals surface area (Å²) in [4.78, 5) is 0. The molecule has 0 saturated heterocycles. The highest BCUT2D eigenvalue weighted by atomic mass is 14.6. The molecule has 0 N–H and O–H groups in total. The zero-order chi connectivity index (χ0) is 14.5. The molecule has 0 bridgehead atoms. The second-order valence-electron chi connectivity index (χ2n) is 8.84. The van der Waals surface area contributed by atoms with Crippen LogP contribution >= 0.6 is 0 Å². The first-order chi connectivity index (χ1) is 9.33. The van der Waals surface area contributed by atoms with E-state index in [-0.39, 0.29) is 0 Å². The van der Waals surface area contributed by atoms with E-state index < -0.39 is 0 Å². The van der Waals surface area contributed by atoms with Crippen molar-refractivity contribution in [2.75, 3.05) is 0 Å². The van der Waals surface area contributed by atoms with E-state index >= 15 is 0 Å². The normalized spacial score (nSPS) is 46.8. The van der Waals surface area contributed by atoms with Gasteiger partial charge < -0.3 is 0 Å². The summed E-state index contributed by atoms with van der Waals surface area (Å²) >= 11 is 0. The molecule has 0 radical (unpaired) electrons. The van der Waals surface area contributed by atoms with Gasteiger partial charge in [-0.3, -0.25) is 0 Å². The van der Waals surface area contributed by atoms with E-state index in [1.54, 1.807) is 11.1 Å². The summed E-state index contributed by atoms with van der Waals surface area (Å²) in [7, 11) is 0. The van der Waals surface area contributed by atoms with Crippen molar-refractivity contribution in [3.63, 3.8) is 0 Å². The average molecular weight is 272 g/mol. The molecular formula is C20H32. The van der Waals surface area contributed by atoms with Gasteiger partial charge >= 0.3 is 0 Å². The lowest BCUT2D eigenvalue weighted by molar-refractivity contribution is 0.131. The Hall–Kier alpha value is -0.520. The van der Waals surface area contributed by atoms with E-state index in [2.05, 4.69) is 40.7 Å². The Labute approximate surface area is 125 Å². The molecular weight excluding hydrogens is 240 g/mol. The van der Waals surface area contributed by atoms with Crippen LogP contribution in [0.25, 0.3) is 0 Å². The fraction of sp³-hybridized carbons (Fsp3) is 0.800. The third-order valence-corrected chi connectivity index (χ3v) is 6.79. The van der Waals surface area contributed by atoms with Gasteiger partial charge in [-0.05, 0) is 81.5 Å². The van der Waals surface area contributed by atoms with Crippen molar-refractivity contribution in [1.82, 2.24) is 0 Å². The lowest BCUT2D eigenvalue weighted by Crippen LogP contribution is -2.30. The Morgan fingerprint density at radius 3 is 2.55 bits per heavy atom. The second-order valence-corrected chi connectivity index (χ2v) is 8.84. The van der Waals surface area contributed by atoms with Gasteiger partial charge in [0.25, 0.3) is 0 Å². The Bertz CT molecular complexity index is 462. The van der Waals surface area contributed by atoms with Crippen molar-refractivity contribution in [3.05, 3.63) is 22.8 Å². The SMILES string of the molecule is C/C1=C2\C[C@@]3(C)CCC(C)(C)C3C2CC/C(C)=C/CC1. The maximum absolute atomic E-state index is 2.59. The first kappa shape index (κ1) is 14.4. The van der Waals surface area contributed by atoms with Crippen LogP contribution in [-0.2, 0) is 0 Å². The molecule has 0 aromatic rings. The maximum Gasteiger partial charge on any atom is -0.0159 e. The van der Waals surface area contributed by atoms with Crippen molar-refractivity contribution >= 4 is 0 Å². The Morgan fingerprint density at radius 2 is 1.80 bits per heavy atom. The standard InChI is InChI=1S/C20H32/c1-14-7-6-8-15(2)17-13-20(5)12-11-19(3,4)18(20)16(17)10-9-14/h7,16,18H,6,8-13H2,1-5H3/b14-7+,17-15-/t16?,18?,20-/m1/s1. The van der Waals surface area contributed by atoms with Crippen LogP contribution in [-0.4, -0.2) is 0 Å². The van der Waals surface area contributed by atoms with Crippen molar-refractivity contribution in [2.24, 2.45) is 22.7 Å². The molecule has 112 valence electrons. The molecule has 0 nitrogen and oxygen atoms in total. The van der Waals surface area contributed by atoms with Crippen molar-refractivity contribution in [3.8, 4) is 0 Å². The number of hydrogen-bond donors (Lipinski definition) is 0. The van der Waals surface area contributed by atoms with Gasteiger partial charge in [0.1, 0.15) is 0 Å². The average Bonchev–Trinajstić information content (AvgIpc) is 2.80. The largest absolute Gasteiger partial charge is 0.0853 e. The van der Waals surface area contributed by atoms with Crippen LogP contribution in [0.3, 0.4) is 0 Å². The summed E-state index contributed by atoms with van der Waals surface area (Å²) in [6, 6.07) is 0. The van der Waals surface area contributed by atoms with Crippen molar-refractivity contribution in [2.45, 2.75) is 79.6 Å². The van der Waals surface area contributed by atoms with Crippen LogP contribution < -0.4 is 0 Å². The third-order valence-electron chi connectivity index (χ3n) is 6.79. The van der Waals surface area contributed by atoms with E-state index in [0.29, 0.717) is 10.8 Å². The van der Waals surface area contributed by atoms with Gasteiger partial charge in [0.05, 0.1) is 0 Å². The summed E-state index contributed by atoms with van der Waals surface area (Å²) in [5.41, 5.74) is 6.37. The van der Waals surface area contributed by atoms with Gasteiger partial charge in [0, 0.05) is 0 Å². The molecule has 0 aliphatic heterocycles. The lowest BCUT2D eigenvalue weighted by atomic mass is 9.68. The summed E-state index contributed by atoms with van der Waals surface area (Å²) < 4.78 is 0. The molecule has 0 aromatic heterocycles. The smallest absolute Gasteiger partial charge is 0.0159 e. The Balaban J connectivity index is 2.00. The fourth-order valence-corrected chi connectivity index (χ4v) is 5.85. The van der Waals surface area contributed by atoms with Gasteiger partial charge in [-0.1, -0.05) is 43.6 Å². The van der Waals surface area contributed by atoms with Crippen LogP contribution in [0.5, 0.6) is 0 Å². The topological polar surface area (TPSA) is 0 Å². The Kier molecular flexibility index (Phi) is 3.42. The highest BCUT2D eigenvalue weighted by Crippen LogP contribution is 2.67. The summed E-state index contributed by atoms with van der Waals surface area (Å²) in [6.07, 6.45) is 12.1. The molecule has 0 aromatic carbocycles. The van der Waals surface area contributed by atoms with Crippen molar-refractivity contribution < 1.29 is 0 Å². The highest BCUT2D eigenvalue weighted by Gasteiger charge is 2.57. The van der Waals surface area contributed by atoms with E-state index in [9.17, 15) is 0 Å². The number of fused-ring (bicyclic) bond motifs is 3. The second kappa shape index (κ2) is 4.75. The quantitative estimate of drug-likeness (QED) is 0.455. The number of allylic oxidation sites excluding steroid dienone is 4. The van der Waals surface area contributed by atoms with E-state index in [0.717, 1.165) is 11.8 Å². The van der Waals surface area contributed by atoms with Crippen LogP contribution in [0.4, 0.5) is 0 Å². The van der Waals surface area contributed by atoms with Crippen LogP contribution in [0.1, 0.15) is 79.6 Å². The van der Waals surface area contributed by atoms with Gasteiger partial charge in [0.15, 0.2) is 0 Å². The molecule has 2 saturated carbocycles. The first-order valence-corrected chi connectivity index (χ1v) is 8.68. The van der Waals surface area contributed by atoms with Gasteiger partial charge in [-0.15, -0.1) is 0 Å². The molecule has 2 unspecified atom stereocenters. The Morgan fingerprint density at radius 1 is 1.05 bits per heavy atom.